The predicted octanol–water partition coefficient (Wildman–Crippen LogP) is 2.67. The minimum atomic E-state index is 0. The zero-order chi connectivity index (χ0) is 19.2. The molecule has 0 spiro atoms. The number of nitrogens with zero attached hydrogens (tertiary/aromatic N) is 3. The second kappa shape index (κ2) is 10.5. The fourth-order valence-corrected chi connectivity index (χ4v) is 3.25. The number of nitrogens with two attached hydrogens (primary N) is 1. The zero-order valence-electron chi connectivity index (χ0n) is 16.6. The van der Waals surface area contributed by atoms with E-state index in [1.54, 1.807) is 14.2 Å². The molecule has 0 atom stereocenters. The van der Waals surface area contributed by atoms with E-state index in [1.807, 2.05) is 19.1 Å². The second-order valence-electron chi connectivity index (χ2n) is 6.39. The number of fused-ring (bicyclic) bond motifs is 1. The van der Waals surface area contributed by atoms with Crippen LogP contribution in [0.5, 0.6) is 11.5 Å². The summed E-state index contributed by atoms with van der Waals surface area (Å²) in [6, 6.07) is 3.64. The number of halogens is 1. The van der Waals surface area contributed by atoms with Crippen molar-refractivity contribution in [2.75, 3.05) is 57.8 Å². The van der Waals surface area contributed by atoms with Gasteiger partial charge in [-0.1, -0.05) is 0 Å². The van der Waals surface area contributed by atoms with Crippen LogP contribution in [0.4, 0.5) is 11.8 Å². The Hall–Kier alpha value is -2.03. The largest absolute Gasteiger partial charge is 0.493 e. The van der Waals surface area contributed by atoms with Crippen LogP contribution >= 0.6 is 12.4 Å². The molecule has 2 aromatic rings. The van der Waals surface area contributed by atoms with Crippen LogP contribution in [0.15, 0.2) is 12.1 Å². The van der Waals surface area contributed by atoms with Crippen LogP contribution in [0.2, 0.25) is 0 Å². The second-order valence-corrected chi connectivity index (χ2v) is 6.39. The van der Waals surface area contributed by atoms with Crippen molar-refractivity contribution in [2.45, 2.75) is 25.9 Å². The van der Waals surface area contributed by atoms with Gasteiger partial charge in [-0.15, -0.1) is 12.4 Å². The molecule has 1 aromatic heterocycles. The molecule has 0 unspecified atom stereocenters. The van der Waals surface area contributed by atoms with Crippen LogP contribution in [-0.4, -0.2) is 63.2 Å². The number of piperidine rings is 1. The van der Waals surface area contributed by atoms with Crippen molar-refractivity contribution >= 4 is 35.1 Å². The Labute approximate surface area is 171 Å². The Kier molecular flexibility index (Phi) is 8.35. The average Bonchev–Trinajstić information content (AvgIpc) is 2.70. The predicted molar refractivity (Wildman–Crippen MR) is 112 cm³/mol. The lowest BCUT2D eigenvalue weighted by Crippen LogP contribution is -2.38. The molecule has 28 heavy (non-hydrogen) atoms. The number of anilines is 2. The van der Waals surface area contributed by atoms with Crippen molar-refractivity contribution < 1.29 is 18.9 Å². The molecule has 8 nitrogen and oxygen atoms in total. The van der Waals surface area contributed by atoms with E-state index < -0.39 is 0 Å². The highest BCUT2D eigenvalue weighted by atomic mass is 35.5. The third kappa shape index (κ3) is 5.06. The van der Waals surface area contributed by atoms with E-state index >= 15 is 0 Å². The molecule has 0 amide bonds. The lowest BCUT2D eigenvalue weighted by molar-refractivity contribution is -0.00240. The number of aromatic nitrogens is 2. The molecule has 0 radical (unpaired) electrons. The van der Waals surface area contributed by atoms with Gasteiger partial charge < -0.3 is 29.6 Å². The first-order valence-corrected chi connectivity index (χ1v) is 9.29. The molecule has 0 bridgehead atoms. The summed E-state index contributed by atoms with van der Waals surface area (Å²) in [5.74, 6) is 2.31. The van der Waals surface area contributed by atoms with Gasteiger partial charge in [-0.3, -0.25) is 0 Å². The minimum absolute atomic E-state index is 0. The standard InChI is InChI=1S/C19H28N4O4.ClH/c1-4-26-9-10-27-13-5-7-23(8-6-13)19-21-15-12-17(25-3)16(24-2)11-14(15)18(20)22-19;/h11-13H,4-10H2,1-3H3,(H2,20,21,22);1H. The summed E-state index contributed by atoms with van der Waals surface area (Å²) < 4.78 is 21.9. The number of nitrogen functional groups attached to an aromatic ring is 1. The van der Waals surface area contributed by atoms with Crippen LogP contribution in [0, 0.1) is 0 Å². The number of hydrogen-bond acceptors (Lipinski definition) is 8. The lowest BCUT2D eigenvalue weighted by Gasteiger charge is -2.32. The number of ether oxygens (including phenoxy) is 4. The topological polar surface area (TPSA) is 92.0 Å². The SMILES string of the molecule is CCOCCOC1CCN(c2nc(N)c3cc(OC)c(OC)cc3n2)CC1.Cl. The van der Waals surface area contributed by atoms with Gasteiger partial charge in [-0.25, -0.2) is 4.98 Å². The monoisotopic (exact) mass is 412 g/mol. The molecule has 156 valence electrons. The van der Waals surface area contributed by atoms with E-state index in [2.05, 4.69) is 9.88 Å². The van der Waals surface area contributed by atoms with Crippen LogP contribution < -0.4 is 20.1 Å². The Bertz CT molecular complexity index is 769. The van der Waals surface area contributed by atoms with Gasteiger partial charge in [0.15, 0.2) is 11.5 Å². The molecule has 2 N–H and O–H groups in total. The summed E-state index contributed by atoms with van der Waals surface area (Å²) in [7, 11) is 3.20. The van der Waals surface area contributed by atoms with E-state index in [0.717, 1.165) is 43.4 Å². The van der Waals surface area contributed by atoms with Crippen molar-refractivity contribution in [3.63, 3.8) is 0 Å². The van der Waals surface area contributed by atoms with Gasteiger partial charge in [-0.05, 0) is 25.8 Å². The van der Waals surface area contributed by atoms with Gasteiger partial charge in [0.05, 0.1) is 39.1 Å². The van der Waals surface area contributed by atoms with Gasteiger partial charge in [0.25, 0.3) is 0 Å². The summed E-state index contributed by atoms with van der Waals surface area (Å²) in [4.78, 5) is 11.3. The Morgan fingerprint density at radius 1 is 1.07 bits per heavy atom. The molecule has 0 saturated carbocycles. The third-order valence-electron chi connectivity index (χ3n) is 4.73. The highest BCUT2D eigenvalue weighted by Gasteiger charge is 2.22. The molecule has 3 rings (SSSR count). The smallest absolute Gasteiger partial charge is 0.227 e. The third-order valence-corrected chi connectivity index (χ3v) is 4.73. The molecular formula is C19H29ClN4O4. The molecule has 1 fully saturated rings. The van der Waals surface area contributed by atoms with Crippen molar-refractivity contribution in [1.29, 1.82) is 0 Å². The maximum Gasteiger partial charge on any atom is 0.227 e. The first-order chi connectivity index (χ1) is 13.2. The first kappa shape index (κ1) is 22.3. The van der Waals surface area contributed by atoms with E-state index in [-0.39, 0.29) is 18.5 Å². The maximum atomic E-state index is 6.19. The van der Waals surface area contributed by atoms with Gasteiger partial charge in [0.2, 0.25) is 5.95 Å². The van der Waals surface area contributed by atoms with E-state index in [0.29, 0.717) is 36.5 Å². The molecule has 9 heteroatoms. The minimum Gasteiger partial charge on any atom is -0.493 e. The van der Waals surface area contributed by atoms with Crippen LogP contribution in [0.25, 0.3) is 10.9 Å². The van der Waals surface area contributed by atoms with E-state index in [4.69, 9.17) is 29.7 Å². The van der Waals surface area contributed by atoms with Crippen molar-refractivity contribution in [3.8, 4) is 11.5 Å². The molecule has 2 heterocycles. The normalized spacial score (nSPS) is 14.8. The highest BCUT2D eigenvalue weighted by Crippen LogP contribution is 2.34. The van der Waals surface area contributed by atoms with Crippen LogP contribution in [-0.2, 0) is 9.47 Å². The van der Waals surface area contributed by atoms with Gasteiger partial charge in [0.1, 0.15) is 5.82 Å². The molecule has 1 aromatic carbocycles. The van der Waals surface area contributed by atoms with Gasteiger partial charge in [0, 0.05) is 31.1 Å². The quantitative estimate of drug-likeness (QED) is 0.661. The first-order valence-electron chi connectivity index (χ1n) is 9.29. The maximum absolute atomic E-state index is 6.19. The van der Waals surface area contributed by atoms with Crippen molar-refractivity contribution in [1.82, 2.24) is 9.97 Å². The average molecular weight is 413 g/mol. The molecule has 1 saturated heterocycles. The summed E-state index contributed by atoms with van der Waals surface area (Å²) in [5.41, 5.74) is 6.93. The fourth-order valence-electron chi connectivity index (χ4n) is 3.25. The van der Waals surface area contributed by atoms with Crippen molar-refractivity contribution in [2.24, 2.45) is 0 Å². The molecule has 1 aliphatic rings. The summed E-state index contributed by atoms with van der Waals surface area (Å²) in [6.45, 7) is 5.65. The number of hydrogen-bond donors (Lipinski definition) is 1. The zero-order valence-corrected chi connectivity index (χ0v) is 17.5. The van der Waals surface area contributed by atoms with E-state index in [1.165, 1.54) is 0 Å². The Morgan fingerprint density at radius 2 is 1.75 bits per heavy atom. The van der Waals surface area contributed by atoms with Gasteiger partial charge in [-0.2, -0.15) is 4.98 Å². The number of rotatable bonds is 8. The number of methoxy groups -OCH3 is 2. The summed E-state index contributed by atoms with van der Waals surface area (Å²) in [6.07, 6.45) is 2.11. The summed E-state index contributed by atoms with van der Waals surface area (Å²) in [5, 5.41) is 0.755. The fraction of sp³-hybridized carbons (Fsp3) is 0.579. The van der Waals surface area contributed by atoms with Crippen molar-refractivity contribution in [3.05, 3.63) is 12.1 Å². The van der Waals surface area contributed by atoms with Crippen LogP contribution in [0.3, 0.4) is 0 Å². The lowest BCUT2D eigenvalue weighted by atomic mass is 10.1. The number of benzene rings is 1. The van der Waals surface area contributed by atoms with Crippen LogP contribution in [0.1, 0.15) is 19.8 Å². The highest BCUT2D eigenvalue weighted by molar-refractivity contribution is 5.91. The van der Waals surface area contributed by atoms with Gasteiger partial charge >= 0.3 is 0 Å². The Balaban J connectivity index is 0.00000280. The summed E-state index contributed by atoms with van der Waals surface area (Å²) >= 11 is 0. The molecule has 1 aliphatic heterocycles. The molecule has 0 aliphatic carbocycles. The van der Waals surface area contributed by atoms with E-state index in [9.17, 15) is 0 Å². The molecular weight excluding hydrogens is 384 g/mol. The Morgan fingerprint density at radius 3 is 2.39 bits per heavy atom.